The third-order valence-electron chi connectivity index (χ3n) is 6.44. The summed E-state index contributed by atoms with van der Waals surface area (Å²) in [5.41, 5.74) is 3.30. The molecular formula is C23H24N4O. The number of benzene rings is 1. The van der Waals surface area contributed by atoms with E-state index in [1.165, 1.54) is 5.56 Å². The van der Waals surface area contributed by atoms with Crippen LogP contribution in [0.1, 0.15) is 22.5 Å². The van der Waals surface area contributed by atoms with Crippen molar-refractivity contribution in [3.8, 4) is 0 Å². The van der Waals surface area contributed by atoms with E-state index in [-0.39, 0.29) is 11.3 Å². The van der Waals surface area contributed by atoms with Gasteiger partial charge in [0.05, 0.1) is 11.9 Å². The predicted octanol–water partition coefficient (Wildman–Crippen LogP) is 3.33. The average molecular weight is 372 g/mol. The van der Waals surface area contributed by atoms with Crippen LogP contribution in [0.3, 0.4) is 0 Å². The molecule has 0 saturated carbocycles. The minimum Gasteiger partial charge on any atom is -0.369 e. The molecule has 0 unspecified atom stereocenters. The number of likely N-dealkylation sites (tertiary alicyclic amines) is 1. The first-order valence-electron chi connectivity index (χ1n) is 9.89. The van der Waals surface area contributed by atoms with Gasteiger partial charge >= 0.3 is 0 Å². The summed E-state index contributed by atoms with van der Waals surface area (Å²) in [7, 11) is 0. The van der Waals surface area contributed by atoms with Crippen LogP contribution in [-0.4, -0.2) is 47.0 Å². The zero-order chi connectivity index (χ0) is 19.0. The molecule has 1 amide bonds. The summed E-state index contributed by atoms with van der Waals surface area (Å²) >= 11 is 0. The van der Waals surface area contributed by atoms with Crippen molar-refractivity contribution in [1.82, 2.24) is 14.9 Å². The number of anilines is 1. The Labute approximate surface area is 165 Å². The van der Waals surface area contributed by atoms with E-state index in [1.54, 1.807) is 0 Å². The van der Waals surface area contributed by atoms with Crippen molar-refractivity contribution >= 4 is 11.6 Å². The summed E-state index contributed by atoms with van der Waals surface area (Å²) in [6.45, 7) is 3.47. The summed E-state index contributed by atoms with van der Waals surface area (Å²) in [6, 6.07) is 18.7. The fourth-order valence-corrected chi connectivity index (χ4v) is 4.98. The Kier molecular flexibility index (Phi) is 4.15. The number of hydrogen-bond acceptors (Lipinski definition) is 3. The van der Waals surface area contributed by atoms with E-state index in [4.69, 9.17) is 0 Å². The Morgan fingerprint density at radius 2 is 1.96 bits per heavy atom. The molecule has 28 heavy (non-hydrogen) atoms. The zero-order valence-corrected chi connectivity index (χ0v) is 15.8. The second-order valence-electron chi connectivity index (χ2n) is 7.90. The van der Waals surface area contributed by atoms with Crippen LogP contribution in [0.2, 0.25) is 0 Å². The Morgan fingerprint density at radius 1 is 1.07 bits per heavy atom. The molecule has 5 nitrogen and oxygen atoms in total. The molecule has 2 fully saturated rings. The lowest BCUT2D eigenvalue weighted by molar-refractivity contribution is 0.0597. The van der Waals surface area contributed by atoms with E-state index in [2.05, 4.69) is 51.3 Å². The summed E-state index contributed by atoms with van der Waals surface area (Å²) in [5, 5.41) is 0. The van der Waals surface area contributed by atoms with Gasteiger partial charge in [0, 0.05) is 49.9 Å². The number of aromatic amines is 1. The van der Waals surface area contributed by atoms with Gasteiger partial charge in [-0.1, -0.05) is 30.3 Å². The average Bonchev–Trinajstić information content (AvgIpc) is 3.43. The number of carbonyl (C=O) groups is 1. The molecular weight excluding hydrogens is 348 g/mol. The number of nitrogens with zero attached hydrogens (tertiary/aromatic N) is 3. The van der Waals surface area contributed by atoms with E-state index in [0.29, 0.717) is 11.6 Å². The summed E-state index contributed by atoms with van der Waals surface area (Å²) in [5.74, 6) is 0.495. The number of pyridine rings is 1. The molecule has 0 spiro atoms. The van der Waals surface area contributed by atoms with Crippen LogP contribution in [-0.2, 0) is 5.41 Å². The number of piperidine rings is 1. The molecule has 4 heterocycles. The second kappa shape index (κ2) is 6.82. The van der Waals surface area contributed by atoms with Crippen molar-refractivity contribution in [3.05, 3.63) is 84.4 Å². The first-order chi connectivity index (χ1) is 13.8. The van der Waals surface area contributed by atoms with Crippen LogP contribution < -0.4 is 4.90 Å². The Hall–Kier alpha value is -3.08. The molecule has 5 rings (SSSR count). The highest BCUT2D eigenvalue weighted by molar-refractivity contribution is 5.92. The van der Waals surface area contributed by atoms with Crippen molar-refractivity contribution < 1.29 is 4.79 Å². The van der Waals surface area contributed by atoms with E-state index >= 15 is 0 Å². The second-order valence-corrected chi connectivity index (χ2v) is 7.90. The Bertz CT molecular complexity index is 941. The van der Waals surface area contributed by atoms with E-state index < -0.39 is 0 Å². The molecule has 2 atom stereocenters. The van der Waals surface area contributed by atoms with Gasteiger partial charge in [-0.15, -0.1) is 0 Å². The van der Waals surface area contributed by atoms with Crippen molar-refractivity contribution in [3.63, 3.8) is 0 Å². The molecule has 5 heteroatoms. The molecule has 2 aromatic heterocycles. The lowest BCUT2D eigenvalue weighted by Crippen LogP contribution is -2.51. The third kappa shape index (κ3) is 2.78. The largest absolute Gasteiger partial charge is 0.369 e. The lowest BCUT2D eigenvalue weighted by atomic mass is 9.68. The van der Waals surface area contributed by atoms with Gasteiger partial charge in [0.2, 0.25) is 0 Å². The number of aromatic nitrogens is 2. The normalized spacial score (nSPS) is 24.2. The van der Waals surface area contributed by atoms with Gasteiger partial charge in [-0.3, -0.25) is 9.78 Å². The number of carbonyl (C=O) groups excluding carboxylic acids is 1. The molecule has 142 valence electrons. The SMILES string of the molecule is O=C(c1ccc[nH]1)N1CC[C@@]2(c3ccccc3)CN(c3cccnc3)C[C@H]2C1. The first kappa shape index (κ1) is 17.0. The van der Waals surface area contributed by atoms with Crippen molar-refractivity contribution in [2.75, 3.05) is 31.1 Å². The number of amides is 1. The fraction of sp³-hybridized carbons (Fsp3) is 0.304. The van der Waals surface area contributed by atoms with E-state index in [0.717, 1.165) is 38.3 Å². The van der Waals surface area contributed by atoms with Gasteiger partial charge in [-0.05, 0) is 36.2 Å². The van der Waals surface area contributed by atoms with Gasteiger partial charge in [0.25, 0.3) is 5.91 Å². The van der Waals surface area contributed by atoms with Crippen LogP contribution in [0.4, 0.5) is 5.69 Å². The molecule has 1 N–H and O–H groups in total. The van der Waals surface area contributed by atoms with E-state index in [9.17, 15) is 4.79 Å². The fourth-order valence-electron chi connectivity index (χ4n) is 4.98. The standard InChI is InChI=1S/C23H24N4O/c28-22(21-9-5-12-25-21)26-13-10-23(18-6-2-1-3-7-18)17-27(16-19(23)15-26)20-8-4-11-24-14-20/h1-9,11-12,14,19,25H,10,13,15-17H2/t19-,23+/m1/s1. The minimum atomic E-state index is 0.0730. The smallest absolute Gasteiger partial charge is 0.270 e. The molecule has 0 radical (unpaired) electrons. The number of fused-ring (bicyclic) bond motifs is 1. The minimum absolute atomic E-state index is 0.0730. The third-order valence-corrected chi connectivity index (χ3v) is 6.44. The molecule has 1 aromatic carbocycles. The topological polar surface area (TPSA) is 52.2 Å². The molecule has 0 bridgehead atoms. The van der Waals surface area contributed by atoms with Crippen molar-refractivity contribution in [2.45, 2.75) is 11.8 Å². The van der Waals surface area contributed by atoms with Crippen LogP contribution in [0.15, 0.2) is 73.2 Å². The molecule has 2 saturated heterocycles. The highest BCUT2D eigenvalue weighted by Crippen LogP contribution is 2.46. The number of hydrogen-bond donors (Lipinski definition) is 1. The van der Waals surface area contributed by atoms with Gasteiger partial charge in [0.1, 0.15) is 5.69 Å². The maximum Gasteiger partial charge on any atom is 0.270 e. The summed E-state index contributed by atoms with van der Waals surface area (Å²) < 4.78 is 0. The van der Waals surface area contributed by atoms with Crippen molar-refractivity contribution in [2.24, 2.45) is 5.92 Å². The van der Waals surface area contributed by atoms with Gasteiger partial charge in [-0.2, -0.15) is 0 Å². The van der Waals surface area contributed by atoms with Crippen LogP contribution in [0.25, 0.3) is 0 Å². The zero-order valence-electron chi connectivity index (χ0n) is 15.8. The molecule has 2 aliphatic heterocycles. The van der Waals surface area contributed by atoms with Crippen LogP contribution in [0, 0.1) is 5.92 Å². The quantitative estimate of drug-likeness (QED) is 0.767. The lowest BCUT2D eigenvalue weighted by Gasteiger charge is -2.43. The van der Waals surface area contributed by atoms with Gasteiger partial charge in [-0.25, -0.2) is 0 Å². The van der Waals surface area contributed by atoms with Crippen molar-refractivity contribution in [1.29, 1.82) is 0 Å². The van der Waals surface area contributed by atoms with Crippen LogP contribution in [0.5, 0.6) is 0 Å². The van der Waals surface area contributed by atoms with Gasteiger partial charge < -0.3 is 14.8 Å². The highest BCUT2D eigenvalue weighted by Gasteiger charge is 2.51. The number of rotatable bonds is 3. The molecule has 3 aromatic rings. The first-order valence-corrected chi connectivity index (χ1v) is 9.89. The van der Waals surface area contributed by atoms with Crippen LogP contribution >= 0.6 is 0 Å². The monoisotopic (exact) mass is 372 g/mol. The molecule has 0 aliphatic carbocycles. The number of H-pyrrole nitrogens is 1. The Balaban J connectivity index is 1.47. The summed E-state index contributed by atoms with van der Waals surface area (Å²) in [6.07, 6.45) is 6.55. The number of nitrogens with one attached hydrogen (secondary N) is 1. The maximum atomic E-state index is 12.9. The van der Waals surface area contributed by atoms with E-state index in [1.807, 2.05) is 41.7 Å². The Morgan fingerprint density at radius 3 is 2.71 bits per heavy atom. The predicted molar refractivity (Wildman–Crippen MR) is 109 cm³/mol. The highest BCUT2D eigenvalue weighted by atomic mass is 16.2. The summed E-state index contributed by atoms with van der Waals surface area (Å²) in [4.78, 5) is 24.7. The van der Waals surface area contributed by atoms with Gasteiger partial charge in [0.15, 0.2) is 0 Å². The maximum absolute atomic E-state index is 12.9. The molecule has 2 aliphatic rings.